The SMILES string of the molecule is CN(Cc1ccc(C(=O)O)c(CCC#N)c1)C(=O)OC(C)(C)C. The lowest BCUT2D eigenvalue weighted by Crippen LogP contribution is -2.33. The van der Waals surface area contributed by atoms with Gasteiger partial charge >= 0.3 is 12.1 Å². The predicted octanol–water partition coefficient (Wildman–Crippen LogP) is 3.21. The van der Waals surface area contributed by atoms with E-state index in [0.717, 1.165) is 5.56 Å². The van der Waals surface area contributed by atoms with E-state index >= 15 is 0 Å². The van der Waals surface area contributed by atoms with Crippen LogP contribution < -0.4 is 0 Å². The molecule has 1 rings (SSSR count). The highest BCUT2D eigenvalue weighted by atomic mass is 16.6. The zero-order valence-electron chi connectivity index (χ0n) is 13.9. The number of aromatic carboxylic acids is 1. The molecule has 0 heterocycles. The van der Waals surface area contributed by atoms with Crippen molar-refractivity contribution in [3.8, 4) is 6.07 Å². The Bertz CT molecular complexity index is 626. The molecule has 1 aromatic rings. The number of carboxylic acid groups (broad SMARTS) is 1. The molecule has 0 saturated heterocycles. The molecule has 23 heavy (non-hydrogen) atoms. The molecule has 0 spiro atoms. The number of carbonyl (C=O) groups is 2. The second-order valence-electron chi connectivity index (χ2n) is 6.29. The van der Waals surface area contributed by atoms with Crippen molar-refractivity contribution in [1.29, 1.82) is 5.26 Å². The second-order valence-corrected chi connectivity index (χ2v) is 6.29. The van der Waals surface area contributed by atoms with Gasteiger partial charge in [0.2, 0.25) is 0 Å². The molecule has 0 aromatic heterocycles. The van der Waals surface area contributed by atoms with Crippen LogP contribution in [-0.2, 0) is 17.7 Å². The van der Waals surface area contributed by atoms with Crippen molar-refractivity contribution in [3.63, 3.8) is 0 Å². The highest BCUT2D eigenvalue weighted by molar-refractivity contribution is 5.89. The molecule has 0 fully saturated rings. The lowest BCUT2D eigenvalue weighted by atomic mass is 10.00. The number of rotatable bonds is 5. The molecule has 0 bridgehead atoms. The Kier molecular flexibility index (Phi) is 6.14. The molecule has 0 unspecified atom stereocenters. The minimum absolute atomic E-state index is 0.184. The van der Waals surface area contributed by atoms with Crippen molar-refractivity contribution in [3.05, 3.63) is 34.9 Å². The van der Waals surface area contributed by atoms with Gasteiger partial charge in [0.05, 0.1) is 11.6 Å². The summed E-state index contributed by atoms with van der Waals surface area (Å²) in [5, 5.41) is 17.9. The molecule has 0 aliphatic carbocycles. The summed E-state index contributed by atoms with van der Waals surface area (Å²) in [5.41, 5.74) is 0.991. The summed E-state index contributed by atoms with van der Waals surface area (Å²) >= 11 is 0. The van der Waals surface area contributed by atoms with Crippen molar-refractivity contribution in [2.45, 2.75) is 45.8 Å². The maximum Gasteiger partial charge on any atom is 0.410 e. The van der Waals surface area contributed by atoms with E-state index in [0.29, 0.717) is 18.5 Å². The molecular weight excluding hydrogens is 296 g/mol. The maximum absolute atomic E-state index is 12.0. The number of ether oxygens (including phenoxy) is 1. The number of benzene rings is 1. The fourth-order valence-electron chi connectivity index (χ4n) is 2.03. The lowest BCUT2D eigenvalue weighted by molar-refractivity contribution is 0.0284. The lowest BCUT2D eigenvalue weighted by Gasteiger charge is -2.24. The summed E-state index contributed by atoms with van der Waals surface area (Å²) < 4.78 is 5.28. The zero-order valence-corrected chi connectivity index (χ0v) is 13.9. The van der Waals surface area contributed by atoms with Gasteiger partial charge in [-0.05, 0) is 44.4 Å². The van der Waals surface area contributed by atoms with Crippen LogP contribution in [0.4, 0.5) is 4.79 Å². The molecule has 0 aliphatic heterocycles. The third-order valence-corrected chi connectivity index (χ3v) is 3.03. The average Bonchev–Trinajstić information content (AvgIpc) is 2.43. The Morgan fingerprint density at radius 3 is 2.52 bits per heavy atom. The van der Waals surface area contributed by atoms with Crippen LogP contribution in [0.25, 0.3) is 0 Å². The molecule has 0 radical (unpaired) electrons. The van der Waals surface area contributed by atoms with Gasteiger partial charge in [0.1, 0.15) is 5.60 Å². The number of nitriles is 1. The van der Waals surface area contributed by atoms with Crippen molar-refractivity contribution in [2.75, 3.05) is 7.05 Å². The van der Waals surface area contributed by atoms with Gasteiger partial charge in [0.15, 0.2) is 0 Å². The first kappa shape index (κ1) is 18.5. The fraction of sp³-hybridized carbons (Fsp3) is 0.471. The summed E-state index contributed by atoms with van der Waals surface area (Å²) in [6, 6.07) is 6.91. The molecule has 6 heteroatoms. The Morgan fingerprint density at radius 2 is 2.00 bits per heavy atom. The van der Waals surface area contributed by atoms with Gasteiger partial charge in [-0.15, -0.1) is 0 Å². The topological polar surface area (TPSA) is 90.6 Å². The number of hydrogen-bond acceptors (Lipinski definition) is 4. The summed E-state index contributed by atoms with van der Waals surface area (Å²) in [7, 11) is 1.62. The quantitative estimate of drug-likeness (QED) is 0.900. The Labute approximate surface area is 136 Å². The molecule has 0 atom stereocenters. The van der Waals surface area contributed by atoms with Gasteiger partial charge in [0.25, 0.3) is 0 Å². The van der Waals surface area contributed by atoms with Gasteiger partial charge in [-0.3, -0.25) is 0 Å². The van der Waals surface area contributed by atoms with E-state index in [1.54, 1.807) is 40.0 Å². The van der Waals surface area contributed by atoms with E-state index in [1.807, 2.05) is 6.07 Å². The van der Waals surface area contributed by atoms with Crippen molar-refractivity contribution in [2.24, 2.45) is 0 Å². The minimum atomic E-state index is -1.02. The molecule has 0 saturated carbocycles. The Morgan fingerprint density at radius 1 is 1.35 bits per heavy atom. The smallest absolute Gasteiger partial charge is 0.410 e. The maximum atomic E-state index is 12.0. The standard InChI is InChI=1S/C17H22N2O4/c1-17(2,3)23-16(22)19(4)11-12-7-8-14(15(20)21)13(10-12)6-5-9-18/h7-8,10H,5-6,11H2,1-4H3,(H,20,21). The van der Waals surface area contributed by atoms with E-state index < -0.39 is 17.7 Å². The highest BCUT2D eigenvalue weighted by Gasteiger charge is 2.20. The molecule has 1 N–H and O–H groups in total. The summed E-state index contributed by atoms with van der Waals surface area (Å²) in [4.78, 5) is 24.6. The Hall–Kier alpha value is -2.55. The van der Waals surface area contributed by atoms with Crippen molar-refractivity contribution >= 4 is 12.1 Å². The van der Waals surface area contributed by atoms with Gasteiger partial charge in [-0.25, -0.2) is 9.59 Å². The third kappa shape index (κ3) is 5.99. The van der Waals surface area contributed by atoms with Crippen LogP contribution in [0.1, 0.15) is 48.7 Å². The van der Waals surface area contributed by atoms with Gasteiger partial charge in [-0.1, -0.05) is 12.1 Å². The normalized spacial score (nSPS) is 10.7. The number of nitrogens with zero attached hydrogens (tertiary/aromatic N) is 2. The summed E-state index contributed by atoms with van der Waals surface area (Å²) in [6.45, 7) is 5.68. The molecule has 1 aromatic carbocycles. The number of carboxylic acids is 1. The van der Waals surface area contributed by atoms with E-state index in [4.69, 9.17) is 10.00 Å². The monoisotopic (exact) mass is 318 g/mol. The zero-order chi connectivity index (χ0) is 17.6. The largest absolute Gasteiger partial charge is 0.478 e. The van der Waals surface area contributed by atoms with Crippen LogP contribution in [0, 0.1) is 11.3 Å². The molecule has 1 amide bonds. The molecule has 124 valence electrons. The van der Waals surface area contributed by atoms with Crippen LogP contribution in [0.5, 0.6) is 0 Å². The first-order chi connectivity index (χ1) is 10.6. The van der Waals surface area contributed by atoms with Gasteiger partial charge < -0.3 is 14.7 Å². The number of hydrogen-bond donors (Lipinski definition) is 1. The van der Waals surface area contributed by atoms with Gasteiger partial charge in [-0.2, -0.15) is 5.26 Å². The van der Waals surface area contributed by atoms with Crippen LogP contribution in [0.2, 0.25) is 0 Å². The van der Waals surface area contributed by atoms with Gasteiger partial charge in [0, 0.05) is 20.0 Å². The number of aryl methyl sites for hydroxylation is 1. The van der Waals surface area contributed by atoms with E-state index in [2.05, 4.69) is 0 Å². The number of amides is 1. The van der Waals surface area contributed by atoms with E-state index in [-0.39, 0.29) is 12.0 Å². The van der Waals surface area contributed by atoms with E-state index in [1.165, 1.54) is 11.0 Å². The minimum Gasteiger partial charge on any atom is -0.478 e. The van der Waals surface area contributed by atoms with Crippen LogP contribution in [0.15, 0.2) is 18.2 Å². The molecular formula is C17H22N2O4. The second kappa shape index (κ2) is 7.63. The fourth-order valence-corrected chi connectivity index (χ4v) is 2.03. The number of carbonyl (C=O) groups excluding carboxylic acids is 1. The molecule has 6 nitrogen and oxygen atoms in total. The average molecular weight is 318 g/mol. The van der Waals surface area contributed by atoms with Crippen LogP contribution >= 0.6 is 0 Å². The predicted molar refractivity (Wildman–Crippen MR) is 85.0 cm³/mol. The summed E-state index contributed by atoms with van der Waals surface area (Å²) in [6.07, 6.45) is 0.159. The van der Waals surface area contributed by atoms with E-state index in [9.17, 15) is 14.7 Å². The van der Waals surface area contributed by atoms with Crippen molar-refractivity contribution < 1.29 is 19.4 Å². The van der Waals surface area contributed by atoms with Crippen LogP contribution in [0.3, 0.4) is 0 Å². The first-order valence-corrected chi connectivity index (χ1v) is 7.30. The first-order valence-electron chi connectivity index (χ1n) is 7.30. The van der Waals surface area contributed by atoms with Crippen molar-refractivity contribution in [1.82, 2.24) is 4.90 Å². The molecule has 0 aliphatic rings. The van der Waals surface area contributed by atoms with Crippen LogP contribution in [-0.4, -0.2) is 34.7 Å². The third-order valence-electron chi connectivity index (χ3n) is 3.03. The Balaban J connectivity index is 2.90. The summed E-state index contributed by atoms with van der Waals surface area (Å²) in [5.74, 6) is -1.02. The highest BCUT2D eigenvalue weighted by Crippen LogP contribution is 2.17.